The molecule has 1 aliphatic heterocycles. The Morgan fingerprint density at radius 1 is 1.50 bits per heavy atom. The normalized spacial score (nSPS) is 18.5. The zero-order chi connectivity index (χ0) is 16.1. The first-order valence-electron chi connectivity index (χ1n) is 7.77. The summed E-state index contributed by atoms with van der Waals surface area (Å²) in [4.78, 5) is 11.8. The highest BCUT2D eigenvalue weighted by molar-refractivity contribution is 6.01. The van der Waals surface area contributed by atoms with E-state index in [-0.39, 0.29) is 12.1 Å². The van der Waals surface area contributed by atoms with Crippen LogP contribution in [-0.4, -0.2) is 40.8 Å². The molecule has 0 aliphatic carbocycles. The molecule has 1 aromatic rings. The Morgan fingerprint density at radius 2 is 2.27 bits per heavy atom. The molecule has 2 amide bonds. The summed E-state index contributed by atoms with van der Waals surface area (Å²) in [6, 6.07) is -0.312. The minimum atomic E-state index is -0.312. The monoisotopic (exact) mass is 307 g/mol. The minimum absolute atomic E-state index is 0.128. The van der Waals surface area contributed by atoms with Crippen LogP contribution in [0.15, 0.2) is 5.10 Å². The third-order valence-corrected chi connectivity index (χ3v) is 3.88. The molecule has 7 heteroatoms. The first-order chi connectivity index (χ1) is 10.5. The molecule has 2 N–H and O–H groups in total. The van der Waals surface area contributed by atoms with Crippen LogP contribution in [0.2, 0.25) is 0 Å². The fourth-order valence-corrected chi connectivity index (χ4v) is 2.77. The third kappa shape index (κ3) is 3.85. The number of carbonyl (C=O) groups is 1. The van der Waals surface area contributed by atoms with Crippen molar-refractivity contribution in [3.63, 3.8) is 0 Å². The lowest BCUT2D eigenvalue weighted by molar-refractivity contribution is 0.111. The summed E-state index contributed by atoms with van der Waals surface area (Å²) in [6.07, 6.45) is 2.19. The quantitative estimate of drug-likeness (QED) is 0.642. The van der Waals surface area contributed by atoms with Crippen LogP contribution >= 0.6 is 0 Å². The second-order valence-corrected chi connectivity index (χ2v) is 5.52. The summed E-state index contributed by atoms with van der Waals surface area (Å²) in [6.45, 7) is 10.00. The van der Waals surface area contributed by atoms with Crippen molar-refractivity contribution in [1.29, 1.82) is 0 Å². The van der Waals surface area contributed by atoms with Crippen LogP contribution in [0.3, 0.4) is 0 Å². The van der Waals surface area contributed by atoms with Crippen molar-refractivity contribution < 1.29 is 9.53 Å². The lowest BCUT2D eigenvalue weighted by Crippen LogP contribution is -2.37. The number of nitrogens with one attached hydrogen (secondary N) is 2. The molecule has 0 spiro atoms. The van der Waals surface area contributed by atoms with Gasteiger partial charge in [-0.25, -0.2) is 10.2 Å². The number of ether oxygens (including phenoxy) is 1. The Balaban J connectivity index is 1.91. The van der Waals surface area contributed by atoms with Gasteiger partial charge in [-0.15, -0.1) is 0 Å². The Labute approximate surface area is 131 Å². The Hall–Kier alpha value is -1.89. The number of amides is 2. The highest BCUT2D eigenvalue weighted by Gasteiger charge is 2.16. The van der Waals surface area contributed by atoms with Gasteiger partial charge in [0.15, 0.2) is 0 Å². The number of carbonyl (C=O) groups excluding carboxylic acids is 1. The van der Waals surface area contributed by atoms with Crippen molar-refractivity contribution in [3.05, 3.63) is 17.0 Å². The maximum absolute atomic E-state index is 11.8. The molecule has 0 unspecified atom stereocenters. The van der Waals surface area contributed by atoms with Crippen LogP contribution in [0.4, 0.5) is 4.79 Å². The van der Waals surface area contributed by atoms with Crippen LogP contribution < -0.4 is 10.7 Å². The number of hydrogen-bond acceptors (Lipinski definition) is 4. The highest BCUT2D eigenvalue weighted by atomic mass is 16.5. The standard InChI is InChI=1S/C15H25N5O2/c1-5-20-12(4)14(11(3)19-20)10(2)17-18-15(21)16-9-13-7-6-8-22-13/h13H,5-9H2,1-4H3,(H2,16,18,21)/t13-/m0/s1. The van der Waals surface area contributed by atoms with Gasteiger partial charge in [0.05, 0.1) is 17.5 Å². The topological polar surface area (TPSA) is 80.5 Å². The van der Waals surface area contributed by atoms with Gasteiger partial charge in [0.1, 0.15) is 0 Å². The summed E-state index contributed by atoms with van der Waals surface area (Å²) in [5.41, 5.74) is 6.25. The molecule has 122 valence electrons. The van der Waals surface area contributed by atoms with Gasteiger partial charge >= 0.3 is 6.03 Å². The molecule has 0 radical (unpaired) electrons. The van der Waals surface area contributed by atoms with E-state index in [0.29, 0.717) is 6.54 Å². The maximum atomic E-state index is 11.8. The molecule has 22 heavy (non-hydrogen) atoms. The summed E-state index contributed by atoms with van der Waals surface area (Å²) in [5, 5.41) is 11.4. The van der Waals surface area contributed by atoms with E-state index in [9.17, 15) is 4.79 Å². The fraction of sp³-hybridized carbons (Fsp3) is 0.667. The van der Waals surface area contributed by atoms with Crippen LogP contribution in [0, 0.1) is 13.8 Å². The molecule has 7 nitrogen and oxygen atoms in total. The summed E-state index contributed by atoms with van der Waals surface area (Å²) >= 11 is 0. The molecule has 1 saturated heterocycles. The van der Waals surface area contributed by atoms with Crippen molar-refractivity contribution in [2.45, 2.75) is 53.2 Å². The number of nitrogens with zero attached hydrogens (tertiary/aromatic N) is 3. The smallest absolute Gasteiger partial charge is 0.335 e. The van der Waals surface area contributed by atoms with E-state index >= 15 is 0 Å². The van der Waals surface area contributed by atoms with Crippen molar-refractivity contribution in [2.24, 2.45) is 5.10 Å². The molecule has 1 aromatic heterocycles. The van der Waals surface area contributed by atoms with Gasteiger partial charge in [0.2, 0.25) is 0 Å². The van der Waals surface area contributed by atoms with E-state index in [1.54, 1.807) is 0 Å². The molecule has 2 rings (SSSR count). The van der Waals surface area contributed by atoms with Gasteiger partial charge in [0.25, 0.3) is 0 Å². The van der Waals surface area contributed by atoms with E-state index in [0.717, 1.165) is 48.7 Å². The lowest BCUT2D eigenvalue weighted by atomic mass is 10.1. The highest BCUT2D eigenvalue weighted by Crippen LogP contribution is 2.14. The molecule has 1 atom stereocenters. The lowest BCUT2D eigenvalue weighted by Gasteiger charge is -2.10. The predicted octanol–water partition coefficient (Wildman–Crippen LogP) is 1.72. The first kappa shape index (κ1) is 16.5. The number of aromatic nitrogens is 2. The predicted molar refractivity (Wildman–Crippen MR) is 85.1 cm³/mol. The number of hydrazone groups is 1. The van der Waals surface area contributed by atoms with Gasteiger partial charge in [-0.3, -0.25) is 4.68 Å². The van der Waals surface area contributed by atoms with Crippen LogP contribution in [0.25, 0.3) is 0 Å². The van der Waals surface area contributed by atoms with Crippen LogP contribution in [0.1, 0.15) is 43.6 Å². The second kappa shape index (κ2) is 7.40. The average molecular weight is 307 g/mol. The number of rotatable bonds is 5. The zero-order valence-electron chi connectivity index (χ0n) is 13.8. The Kier molecular flexibility index (Phi) is 5.54. The van der Waals surface area contributed by atoms with Crippen molar-refractivity contribution in [3.8, 4) is 0 Å². The van der Waals surface area contributed by atoms with E-state index in [1.165, 1.54) is 0 Å². The fourth-order valence-electron chi connectivity index (χ4n) is 2.77. The molecular weight excluding hydrogens is 282 g/mol. The largest absolute Gasteiger partial charge is 0.376 e. The molecule has 0 aromatic carbocycles. The SMILES string of the molecule is CCn1nc(C)c(C(C)=NNC(=O)NC[C@@H]2CCCO2)c1C. The summed E-state index contributed by atoms with van der Waals surface area (Å²) < 4.78 is 7.39. The van der Waals surface area contributed by atoms with E-state index < -0.39 is 0 Å². The number of aryl methyl sites for hydroxylation is 2. The Bertz CT molecular complexity index is 559. The zero-order valence-corrected chi connectivity index (χ0v) is 13.8. The molecule has 0 saturated carbocycles. The van der Waals surface area contributed by atoms with E-state index in [4.69, 9.17) is 4.74 Å². The van der Waals surface area contributed by atoms with Gasteiger partial charge in [-0.05, 0) is 40.5 Å². The second-order valence-electron chi connectivity index (χ2n) is 5.52. The van der Waals surface area contributed by atoms with Crippen molar-refractivity contribution in [1.82, 2.24) is 20.5 Å². The molecule has 1 fully saturated rings. The summed E-state index contributed by atoms with van der Waals surface area (Å²) in [7, 11) is 0. The third-order valence-electron chi connectivity index (χ3n) is 3.88. The minimum Gasteiger partial charge on any atom is -0.376 e. The van der Waals surface area contributed by atoms with Gasteiger partial charge < -0.3 is 10.1 Å². The van der Waals surface area contributed by atoms with Gasteiger partial charge in [-0.1, -0.05) is 0 Å². The molecule has 2 heterocycles. The molecular formula is C15H25N5O2. The average Bonchev–Trinajstić information content (AvgIpc) is 3.10. The van der Waals surface area contributed by atoms with Crippen molar-refractivity contribution in [2.75, 3.05) is 13.2 Å². The first-order valence-corrected chi connectivity index (χ1v) is 7.77. The van der Waals surface area contributed by atoms with Gasteiger partial charge in [-0.2, -0.15) is 10.2 Å². The van der Waals surface area contributed by atoms with Crippen molar-refractivity contribution >= 4 is 11.7 Å². The number of urea groups is 1. The number of hydrogen-bond donors (Lipinski definition) is 2. The summed E-state index contributed by atoms with van der Waals surface area (Å²) in [5.74, 6) is 0. The van der Waals surface area contributed by atoms with Crippen LogP contribution in [0.5, 0.6) is 0 Å². The molecule has 0 bridgehead atoms. The maximum Gasteiger partial charge on any atom is 0.335 e. The molecule has 1 aliphatic rings. The Morgan fingerprint density at radius 3 is 2.86 bits per heavy atom. The van der Waals surface area contributed by atoms with Gasteiger partial charge in [0, 0.05) is 31.0 Å². The van der Waals surface area contributed by atoms with E-state index in [1.807, 2.05) is 32.4 Å². The van der Waals surface area contributed by atoms with Crippen LogP contribution in [-0.2, 0) is 11.3 Å². The van der Waals surface area contributed by atoms with E-state index in [2.05, 4.69) is 20.9 Å².